The second-order valence-electron chi connectivity index (χ2n) is 3.90. The number of hydrogen-bond donors (Lipinski definition) is 1. The first kappa shape index (κ1) is 10.5. The first-order valence-corrected chi connectivity index (χ1v) is 4.71. The van der Waals surface area contributed by atoms with E-state index in [-0.39, 0.29) is 18.0 Å². The van der Waals surface area contributed by atoms with Gasteiger partial charge in [0.2, 0.25) is 5.91 Å². The molecule has 1 fully saturated rings. The molecule has 76 valence electrons. The molecule has 0 unspecified atom stereocenters. The summed E-state index contributed by atoms with van der Waals surface area (Å²) in [4.78, 5) is 11.2. The van der Waals surface area contributed by atoms with Gasteiger partial charge in [0.25, 0.3) is 0 Å². The average molecular weight is 186 g/mol. The normalized spacial score (nSPS) is 30.2. The Labute approximate surface area is 79.1 Å². The molecule has 13 heavy (non-hydrogen) atoms. The Morgan fingerprint density at radius 2 is 2.08 bits per heavy atom. The molecule has 0 spiro atoms. The molecule has 1 aliphatic heterocycles. The molecule has 1 rings (SSSR count). The van der Waals surface area contributed by atoms with Crippen LogP contribution in [0.25, 0.3) is 0 Å². The fourth-order valence-corrected chi connectivity index (χ4v) is 2.01. The monoisotopic (exact) mass is 186 g/mol. The lowest BCUT2D eigenvalue weighted by Gasteiger charge is -2.34. The molecule has 0 aromatic rings. The Bertz CT molecular complexity index is 206. The number of aliphatic hydroxyl groups is 1. The van der Waals surface area contributed by atoms with Crippen molar-refractivity contribution < 1.29 is 9.90 Å². The summed E-state index contributed by atoms with van der Waals surface area (Å²) in [7, 11) is 0. The van der Waals surface area contributed by atoms with Crippen LogP contribution >= 0.6 is 0 Å². The van der Waals surface area contributed by atoms with Crippen molar-refractivity contribution in [2.45, 2.75) is 52.4 Å². The van der Waals surface area contributed by atoms with Crippen molar-refractivity contribution in [1.29, 1.82) is 0 Å². The minimum atomic E-state index is -0.644. The summed E-state index contributed by atoms with van der Waals surface area (Å²) in [6.07, 6.45) is -0.00694. The van der Waals surface area contributed by atoms with Gasteiger partial charge in [0.05, 0.1) is 0 Å². The Kier molecular flexibility index (Phi) is 2.93. The molecule has 1 heterocycles. The zero-order valence-corrected chi connectivity index (χ0v) is 8.69. The molecule has 0 bridgehead atoms. The Morgan fingerprint density at radius 3 is 2.38 bits per heavy atom. The minimum Gasteiger partial charge on any atom is -0.372 e. The highest BCUT2D eigenvalue weighted by Gasteiger charge is 2.38. The van der Waals surface area contributed by atoms with Crippen LogP contribution in [0.2, 0.25) is 0 Å². The third-order valence-electron chi connectivity index (χ3n) is 2.39. The van der Waals surface area contributed by atoms with E-state index in [9.17, 15) is 9.90 Å². The molecule has 0 aromatic carbocycles. The van der Waals surface area contributed by atoms with Crippen molar-refractivity contribution >= 4 is 5.91 Å². The molecule has 0 radical (unpaired) electrons. The van der Waals surface area contributed by atoms with E-state index in [4.69, 9.17) is 0 Å². The van der Waals surface area contributed by atoms with Crippen LogP contribution in [-0.2, 0) is 4.79 Å². The van der Waals surface area contributed by atoms with E-state index in [1.807, 2.05) is 25.8 Å². The zero-order chi connectivity index (χ0) is 10.2. The van der Waals surface area contributed by atoms with Crippen molar-refractivity contribution in [2.24, 2.45) is 0 Å². The summed E-state index contributed by atoms with van der Waals surface area (Å²) in [5, 5.41) is 13.0. The van der Waals surface area contributed by atoms with E-state index in [0.717, 1.165) is 0 Å². The van der Waals surface area contributed by atoms with Crippen LogP contribution in [0.15, 0.2) is 0 Å². The van der Waals surface area contributed by atoms with Gasteiger partial charge in [-0.1, -0.05) is 0 Å². The second-order valence-corrected chi connectivity index (χ2v) is 3.90. The van der Waals surface area contributed by atoms with Crippen molar-refractivity contribution in [3.8, 4) is 0 Å². The summed E-state index contributed by atoms with van der Waals surface area (Å²) in [6, 6.07) is 0.481. The average Bonchev–Trinajstić information content (AvgIpc) is 2.24. The van der Waals surface area contributed by atoms with Gasteiger partial charge >= 0.3 is 0 Å². The van der Waals surface area contributed by atoms with Crippen LogP contribution in [0.1, 0.15) is 34.1 Å². The van der Waals surface area contributed by atoms with Gasteiger partial charge in [-0.2, -0.15) is 0 Å². The van der Waals surface area contributed by atoms with Crippen LogP contribution < -0.4 is 0 Å². The number of carbonyl (C=O) groups is 1. The molecule has 4 nitrogen and oxygen atoms in total. The van der Waals surface area contributed by atoms with Gasteiger partial charge in [0, 0.05) is 25.4 Å². The van der Waals surface area contributed by atoms with Gasteiger partial charge in [-0.3, -0.25) is 4.79 Å². The van der Waals surface area contributed by atoms with E-state index in [1.165, 1.54) is 11.9 Å². The molecule has 4 heteroatoms. The number of amides is 1. The maximum absolute atomic E-state index is 11.2. The fourth-order valence-electron chi connectivity index (χ4n) is 2.01. The predicted molar refractivity (Wildman–Crippen MR) is 49.6 cm³/mol. The number of rotatable bonds is 1. The highest BCUT2D eigenvalue weighted by Crippen LogP contribution is 2.25. The molecule has 0 aliphatic carbocycles. The Balaban J connectivity index is 2.83. The summed E-state index contributed by atoms with van der Waals surface area (Å²) in [6.45, 7) is 7.54. The highest BCUT2D eigenvalue weighted by atomic mass is 16.3. The Morgan fingerprint density at radius 1 is 1.54 bits per heavy atom. The molecule has 2 atom stereocenters. The quantitative estimate of drug-likeness (QED) is 0.651. The first-order valence-electron chi connectivity index (χ1n) is 4.71. The van der Waals surface area contributed by atoms with Crippen LogP contribution in [-0.4, -0.2) is 39.3 Å². The summed E-state index contributed by atoms with van der Waals surface area (Å²) in [5.41, 5.74) is 0. The van der Waals surface area contributed by atoms with E-state index < -0.39 is 6.23 Å². The first-order chi connectivity index (χ1) is 5.95. The zero-order valence-electron chi connectivity index (χ0n) is 8.69. The molecular formula is C9H18N2O2. The lowest BCUT2D eigenvalue weighted by atomic mass is 10.2. The van der Waals surface area contributed by atoms with E-state index in [2.05, 4.69) is 0 Å². The van der Waals surface area contributed by atoms with Crippen LogP contribution in [0, 0.1) is 0 Å². The number of hydrazine groups is 1. The molecule has 1 aliphatic rings. The number of nitrogens with zero attached hydrogens (tertiary/aromatic N) is 2. The Hall–Kier alpha value is -0.610. The van der Waals surface area contributed by atoms with Gasteiger partial charge in [-0.05, 0) is 20.8 Å². The smallest absolute Gasteiger partial charge is 0.236 e. The van der Waals surface area contributed by atoms with E-state index in [0.29, 0.717) is 6.42 Å². The minimum absolute atomic E-state index is 0.0921. The second kappa shape index (κ2) is 3.64. The van der Waals surface area contributed by atoms with E-state index >= 15 is 0 Å². The van der Waals surface area contributed by atoms with Crippen LogP contribution in [0.5, 0.6) is 0 Å². The SMILES string of the molecule is CC(=O)N1[C@H](O)C[C@H](C)N1C(C)C. The van der Waals surface area contributed by atoms with E-state index in [1.54, 1.807) is 0 Å². The third kappa shape index (κ3) is 1.84. The fraction of sp³-hybridized carbons (Fsp3) is 0.889. The molecule has 1 saturated heterocycles. The van der Waals surface area contributed by atoms with Crippen molar-refractivity contribution in [2.75, 3.05) is 0 Å². The molecule has 1 N–H and O–H groups in total. The summed E-state index contributed by atoms with van der Waals surface area (Å²) >= 11 is 0. The highest BCUT2D eigenvalue weighted by molar-refractivity contribution is 5.73. The third-order valence-corrected chi connectivity index (χ3v) is 2.39. The van der Waals surface area contributed by atoms with Crippen LogP contribution in [0.4, 0.5) is 0 Å². The molecule has 1 amide bonds. The number of hydrogen-bond acceptors (Lipinski definition) is 3. The number of aliphatic hydroxyl groups excluding tert-OH is 1. The molecule has 0 aromatic heterocycles. The molecular weight excluding hydrogens is 168 g/mol. The number of carbonyl (C=O) groups excluding carboxylic acids is 1. The maximum atomic E-state index is 11.2. The van der Waals surface area contributed by atoms with Crippen molar-refractivity contribution in [3.63, 3.8) is 0 Å². The van der Waals surface area contributed by atoms with Crippen molar-refractivity contribution in [1.82, 2.24) is 10.0 Å². The molecule has 0 saturated carbocycles. The van der Waals surface area contributed by atoms with Gasteiger partial charge in [-0.25, -0.2) is 10.0 Å². The summed E-state index contributed by atoms with van der Waals surface area (Å²) < 4.78 is 0. The summed E-state index contributed by atoms with van der Waals surface area (Å²) in [5.74, 6) is -0.0921. The maximum Gasteiger partial charge on any atom is 0.236 e. The van der Waals surface area contributed by atoms with Crippen LogP contribution in [0.3, 0.4) is 0 Å². The largest absolute Gasteiger partial charge is 0.372 e. The predicted octanol–water partition coefficient (Wildman–Crippen LogP) is 0.571. The van der Waals surface area contributed by atoms with Gasteiger partial charge in [0.15, 0.2) is 0 Å². The topological polar surface area (TPSA) is 43.8 Å². The lowest BCUT2D eigenvalue weighted by Crippen LogP contribution is -2.49. The van der Waals surface area contributed by atoms with Gasteiger partial charge in [-0.15, -0.1) is 0 Å². The lowest BCUT2D eigenvalue weighted by molar-refractivity contribution is -0.163. The van der Waals surface area contributed by atoms with Crippen molar-refractivity contribution in [3.05, 3.63) is 0 Å². The van der Waals surface area contributed by atoms with Gasteiger partial charge < -0.3 is 5.11 Å². The standard InChI is InChI=1S/C9H18N2O2/c1-6(2)10-7(3)5-9(13)11(10)8(4)12/h6-7,9,13H,5H2,1-4H3/t7-,9+/m0/s1. The van der Waals surface area contributed by atoms with Gasteiger partial charge in [0.1, 0.15) is 6.23 Å².